The third-order valence-corrected chi connectivity index (χ3v) is 4.40. The minimum atomic E-state index is -0.229. The molecule has 0 aliphatic rings. The maximum absolute atomic E-state index is 6.15. The van der Waals surface area contributed by atoms with Crippen LogP contribution in [0.2, 0.25) is 0 Å². The van der Waals surface area contributed by atoms with Crippen LogP contribution in [0.3, 0.4) is 0 Å². The topological polar surface area (TPSA) is 40.0 Å². The maximum Gasteiger partial charge on any atom is 0.129 e. The molecule has 6 heteroatoms. The highest BCUT2D eigenvalue weighted by atomic mass is 35.5. The molecule has 164 valence electrons. The van der Waals surface area contributed by atoms with Crippen molar-refractivity contribution in [3.05, 3.63) is 33.8 Å². The Morgan fingerprint density at radius 2 is 1.66 bits per heavy atom. The number of aryl methyl sites for hydroxylation is 2. The Hall–Kier alpha value is -1.39. The smallest absolute Gasteiger partial charge is 0.129 e. The highest BCUT2D eigenvalue weighted by Crippen LogP contribution is 2.31. The summed E-state index contributed by atoms with van der Waals surface area (Å²) in [5.74, 6) is 1.81. The van der Waals surface area contributed by atoms with E-state index in [-0.39, 0.29) is 10.1 Å². The zero-order valence-electron chi connectivity index (χ0n) is 18.4. The number of hydrogen-bond acceptors (Lipinski definition) is 4. The molecule has 0 radical (unpaired) electrons. The fourth-order valence-electron chi connectivity index (χ4n) is 2.65. The van der Waals surface area contributed by atoms with Crippen molar-refractivity contribution in [2.24, 2.45) is 5.16 Å². The second kappa shape index (κ2) is 13.8. The molecule has 29 heavy (non-hydrogen) atoms. The average Bonchev–Trinajstić information content (AvgIpc) is 2.65. The van der Waals surface area contributed by atoms with Crippen molar-refractivity contribution in [1.29, 1.82) is 0 Å². The van der Waals surface area contributed by atoms with Crippen LogP contribution in [0.4, 0.5) is 0 Å². The summed E-state index contributed by atoms with van der Waals surface area (Å²) in [5.41, 5.74) is 2.09. The largest absolute Gasteiger partial charge is 0.493 e. The van der Waals surface area contributed by atoms with Gasteiger partial charge in [-0.05, 0) is 88.6 Å². The molecule has 0 N–H and O–H groups in total. The molecular weight excluding hydrogens is 409 g/mol. The van der Waals surface area contributed by atoms with Crippen LogP contribution >= 0.6 is 23.2 Å². The van der Waals surface area contributed by atoms with Gasteiger partial charge in [-0.1, -0.05) is 42.2 Å². The van der Waals surface area contributed by atoms with Gasteiger partial charge in [-0.15, -0.1) is 0 Å². The molecule has 1 aromatic rings. The molecule has 0 heterocycles. The number of nitrogens with zero attached hydrogens (tertiary/aromatic N) is 1. The van der Waals surface area contributed by atoms with Gasteiger partial charge in [0.15, 0.2) is 0 Å². The summed E-state index contributed by atoms with van der Waals surface area (Å²) in [7, 11) is 0. The van der Waals surface area contributed by atoms with Gasteiger partial charge >= 0.3 is 0 Å². The van der Waals surface area contributed by atoms with Crippen LogP contribution in [0.1, 0.15) is 71.4 Å². The Labute approximate surface area is 186 Å². The van der Waals surface area contributed by atoms with Crippen molar-refractivity contribution in [1.82, 2.24) is 0 Å². The number of hydrogen-bond donors (Lipinski definition) is 0. The second-order valence-corrected chi connectivity index (χ2v) is 8.78. The minimum absolute atomic E-state index is 0.212. The summed E-state index contributed by atoms with van der Waals surface area (Å²) >= 11 is 11.3. The van der Waals surface area contributed by atoms with Gasteiger partial charge in [-0.25, -0.2) is 0 Å². The van der Waals surface area contributed by atoms with Gasteiger partial charge in [0, 0.05) is 6.21 Å². The summed E-state index contributed by atoms with van der Waals surface area (Å²) in [4.78, 5) is 5.33. The summed E-state index contributed by atoms with van der Waals surface area (Å²) < 4.78 is 12.1. The lowest BCUT2D eigenvalue weighted by Crippen LogP contribution is -2.15. The first kappa shape index (κ1) is 25.6. The van der Waals surface area contributed by atoms with E-state index in [2.05, 4.69) is 19.0 Å². The van der Waals surface area contributed by atoms with E-state index in [1.807, 2.05) is 39.1 Å². The fraction of sp³-hybridized carbons (Fsp3) is 0.609. The molecule has 0 bridgehead atoms. The van der Waals surface area contributed by atoms with Gasteiger partial charge in [0.25, 0.3) is 0 Å². The van der Waals surface area contributed by atoms with E-state index in [4.69, 9.17) is 37.5 Å². The van der Waals surface area contributed by atoms with E-state index < -0.39 is 0 Å². The monoisotopic (exact) mass is 443 g/mol. The minimum Gasteiger partial charge on any atom is -0.493 e. The van der Waals surface area contributed by atoms with Crippen LogP contribution in [-0.4, -0.2) is 25.0 Å². The van der Waals surface area contributed by atoms with Crippen molar-refractivity contribution in [2.75, 3.05) is 13.2 Å². The summed E-state index contributed by atoms with van der Waals surface area (Å²) in [6, 6.07) is 4.08. The number of halogens is 2. The third kappa shape index (κ3) is 11.4. The Bertz CT molecular complexity index is 638. The summed E-state index contributed by atoms with van der Waals surface area (Å²) in [6.45, 7) is 11.3. The van der Waals surface area contributed by atoms with Gasteiger partial charge in [-0.2, -0.15) is 0 Å². The molecule has 0 aliphatic carbocycles. The number of unbranched alkanes of at least 4 members (excludes halogenated alkanes) is 3. The van der Waals surface area contributed by atoms with Crippen molar-refractivity contribution in [3.8, 4) is 11.5 Å². The second-order valence-electron chi connectivity index (χ2n) is 7.77. The third-order valence-electron chi connectivity index (χ3n) is 4.09. The van der Waals surface area contributed by atoms with Crippen LogP contribution in [0, 0.1) is 0 Å². The van der Waals surface area contributed by atoms with Crippen LogP contribution in [0.5, 0.6) is 11.5 Å². The van der Waals surface area contributed by atoms with Crippen molar-refractivity contribution >= 4 is 29.4 Å². The van der Waals surface area contributed by atoms with E-state index in [0.717, 1.165) is 61.2 Å². The molecule has 4 nitrogen and oxygen atoms in total. The molecule has 0 saturated carbocycles. The summed E-state index contributed by atoms with van der Waals surface area (Å²) in [6.07, 6.45) is 9.35. The first-order chi connectivity index (χ1) is 13.8. The van der Waals surface area contributed by atoms with Gasteiger partial charge in [0.1, 0.15) is 28.2 Å². The molecule has 0 amide bonds. The van der Waals surface area contributed by atoms with Crippen LogP contribution in [0.15, 0.2) is 27.9 Å². The molecule has 0 atom stereocenters. The normalized spacial score (nSPS) is 11.6. The first-order valence-electron chi connectivity index (χ1n) is 10.4. The maximum atomic E-state index is 6.15. The number of benzene rings is 1. The SMILES string of the molecule is CCc1cc(OCC=C(Cl)Cl)cc(CC)c1OCCCCC/C=N/OC(C)(C)C. The molecule has 0 aliphatic heterocycles. The molecule has 1 aromatic carbocycles. The van der Waals surface area contributed by atoms with E-state index >= 15 is 0 Å². The predicted octanol–water partition coefficient (Wildman–Crippen LogP) is 7.25. The molecule has 1 rings (SSSR count). The summed E-state index contributed by atoms with van der Waals surface area (Å²) in [5, 5.41) is 4.01. The first-order valence-corrected chi connectivity index (χ1v) is 11.1. The lowest BCUT2D eigenvalue weighted by molar-refractivity contribution is 0.00156. The van der Waals surface area contributed by atoms with E-state index in [1.54, 1.807) is 6.08 Å². The van der Waals surface area contributed by atoms with Gasteiger partial charge < -0.3 is 14.3 Å². The zero-order chi connectivity index (χ0) is 21.7. The average molecular weight is 444 g/mol. The van der Waals surface area contributed by atoms with Crippen molar-refractivity contribution in [3.63, 3.8) is 0 Å². The number of oxime groups is 1. The molecule has 0 unspecified atom stereocenters. The van der Waals surface area contributed by atoms with Crippen LogP contribution in [-0.2, 0) is 17.7 Å². The Balaban J connectivity index is 2.49. The molecule has 0 spiro atoms. The zero-order valence-corrected chi connectivity index (χ0v) is 19.9. The van der Waals surface area contributed by atoms with Crippen molar-refractivity contribution < 1.29 is 14.3 Å². The molecule has 0 saturated heterocycles. The lowest BCUT2D eigenvalue weighted by atomic mass is 10.0. The van der Waals surface area contributed by atoms with E-state index in [0.29, 0.717) is 13.2 Å². The Morgan fingerprint density at radius 1 is 1.00 bits per heavy atom. The van der Waals surface area contributed by atoms with Gasteiger partial charge in [-0.3, -0.25) is 0 Å². The Kier molecular flexibility index (Phi) is 12.2. The predicted molar refractivity (Wildman–Crippen MR) is 124 cm³/mol. The standard InChI is InChI=1S/C23H35Cl2NO3/c1-6-18-16-20(27-15-12-21(24)25)17-19(7-2)22(18)28-14-11-9-8-10-13-26-29-23(3,4)5/h12-13,16-17H,6-11,14-15H2,1-5H3/b26-13+. The number of ether oxygens (including phenoxy) is 2. The molecular formula is C23H35Cl2NO3. The lowest BCUT2D eigenvalue weighted by Gasteiger charge is -2.17. The fourth-order valence-corrected chi connectivity index (χ4v) is 2.78. The highest BCUT2D eigenvalue weighted by Gasteiger charge is 2.11. The highest BCUT2D eigenvalue weighted by molar-refractivity contribution is 6.55. The quantitative estimate of drug-likeness (QED) is 0.183. The molecule has 0 aromatic heterocycles. The van der Waals surface area contributed by atoms with Crippen LogP contribution in [0.25, 0.3) is 0 Å². The van der Waals surface area contributed by atoms with E-state index in [1.165, 1.54) is 0 Å². The van der Waals surface area contributed by atoms with E-state index in [9.17, 15) is 0 Å². The van der Waals surface area contributed by atoms with Crippen LogP contribution < -0.4 is 9.47 Å². The van der Waals surface area contributed by atoms with Crippen molar-refractivity contribution in [2.45, 2.75) is 78.7 Å². The Morgan fingerprint density at radius 3 is 2.21 bits per heavy atom. The van der Waals surface area contributed by atoms with Gasteiger partial charge in [0.2, 0.25) is 0 Å². The number of rotatable bonds is 13. The van der Waals surface area contributed by atoms with Gasteiger partial charge in [0.05, 0.1) is 6.61 Å². The molecule has 0 fully saturated rings.